The molecule has 1 amide bonds. The summed E-state index contributed by atoms with van der Waals surface area (Å²) in [4.78, 5) is 23.7. The molecule has 0 unspecified atom stereocenters. The third-order valence-electron chi connectivity index (χ3n) is 4.07. The molecule has 8 nitrogen and oxygen atoms in total. The van der Waals surface area contributed by atoms with Crippen LogP contribution >= 0.6 is 0 Å². The molecule has 0 saturated heterocycles. The van der Waals surface area contributed by atoms with Crippen LogP contribution in [0.4, 0.5) is 5.69 Å². The van der Waals surface area contributed by atoms with Crippen molar-refractivity contribution in [1.29, 1.82) is 5.26 Å². The summed E-state index contributed by atoms with van der Waals surface area (Å²) < 4.78 is 31.4. The van der Waals surface area contributed by atoms with E-state index in [0.717, 1.165) is 17.5 Å². The minimum atomic E-state index is -4.07. The van der Waals surface area contributed by atoms with Gasteiger partial charge in [-0.1, -0.05) is 37.3 Å². The Balaban J connectivity index is 1.90. The van der Waals surface area contributed by atoms with Crippen molar-refractivity contribution < 1.29 is 22.7 Å². The number of sulfonamides is 1. The van der Waals surface area contributed by atoms with Crippen LogP contribution in [0.5, 0.6) is 0 Å². The number of nitrogens with one attached hydrogen (secondary N) is 2. The van der Waals surface area contributed by atoms with Crippen molar-refractivity contribution >= 4 is 27.6 Å². The van der Waals surface area contributed by atoms with E-state index < -0.39 is 35.1 Å². The molecule has 0 heterocycles. The second-order valence-electron chi connectivity index (χ2n) is 6.10. The predicted molar refractivity (Wildman–Crippen MR) is 106 cm³/mol. The van der Waals surface area contributed by atoms with Crippen molar-refractivity contribution in [3.63, 3.8) is 0 Å². The molecule has 2 N–H and O–H groups in total. The zero-order chi connectivity index (χ0) is 21.4. The molecule has 0 saturated carbocycles. The first-order valence-corrected chi connectivity index (χ1v) is 10.3. The zero-order valence-corrected chi connectivity index (χ0v) is 16.9. The molecular weight excluding hydrogens is 394 g/mol. The highest BCUT2D eigenvalue weighted by Crippen LogP contribution is 2.20. The van der Waals surface area contributed by atoms with E-state index >= 15 is 0 Å². The average molecular weight is 415 g/mol. The number of nitrogens with zero attached hydrogens (tertiary/aromatic N) is 1. The first-order chi connectivity index (χ1) is 13.8. The number of esters is 1. The molecular formula is C20H21N3O5S. The molecule has 2 aromatic carbocycles. The van der Waals surface area contributed by atoms with Crippen molar-refractivity contribution in [1.82, 2.24) is 4.72 Å². The molecule has 29 heavy (non-hydrogen) atoms. The molecule has 0 spiro atoms. The summed E-state index contributed by atoms with van der Waals surface area (Å²) >= 11 is 0. The van der Waals surface area contributed by atoms with Gasteiger partial charge in [0, 0.05) is 5.69 Å². The van der Waals surface area contributed by atoms with Gasteiger partial charge in [0.05, 0.1) is 10.5 Å². The highest BCUT2D eigenvalue weighted by atomic mass is 32.2. The normalized spacial score (nSPS) is 10.8. The van der Waals surface area contributed by atoms with Crippen molar-refractivity contribution in [2.24, 2.45) is 0 Å². The van der Waals surface area contributed by atoms with Crippen LogP contribution in [0.15, 0.2) is 47.4 Å². The number of aryl methyl sites for hydroxylation is 2. The summed E-state index contributed by atoms with van der Waals surface area (Å²) in [6, 6.07) is 13.0. The molecule has 0 aliphatic heterocycles. The second kappa shape index (κ2) is 9.82. The van der Waals surface area contributed by atoms with E-state index in [1.165, 1.54) is 24.3 Å². The van der Waals surface area contributed by atoms with Gasteiger partial charge in [0.15, 0.2) is 6.61 Å². The third-order valence-corrected chi connectivity index (χ3v) is 5.53. The summed E-state index contributed by atoms with van der Waals surface area (Å²) in [5.74, 6) is -1.45. The second-order valence-corrected chi connectivity index (χ2v) is 7.84. The topological polar surface area (TPSA) is 125 Å². The van der Waals surface area contributed by atoms with Crippen molar-refractivity contribution in [3.05, 3.63) is 59.2 Å². The van der Waals surface area contributed by atoms with Crippen LogP contribution in [0, 0.1) is 18.3 Å². The Morgan fingerprint density at radius 1 is 1.14 bits per heavy atom. The van der Waals surface area contributed by atoms with E-state index in [4.69, 9.17) is 10.00 Å². The monoisotopic (exact) mass is 415 g/mol. The first-order valence-electron chi connectivity index (χ1n) is 8.81. The third kappa shape index (κ3) is 5.88. The van der Waals surface area contributed by atoms with Gasteiger partial charge in [0.2, 0.25) is 10.0 Å². The van der Waals surface area contributed by atoms with Crippen LogP contribution in [0.1, 0.15) is 23.6 Å². The largest absolute Gasteiger partial charge is 0.455 e. The minimum absolute atomic E-state index is 0.0438. The minimum Gasteiger partial charge on any atom is -0.455 e. The molecule has 9 heteroatoms. The number of carbonyl (C=O) groups excluding carboxylic acids is 2. The maximum atomic E-state index is 12.3. The lowest BCUT2D eigenvalue weighted by atomic mass is 10.1. The summed E-state index contributed by atoms with van der Waals surface area (Å²) in [6.07, 6.45) is 0.725. The van der Waals surface area contributed by atoms with E-state index in [2.05, 4.69) is 10.0 Å². The smallest absolute Gasteiger partial charge is 0.321 e. The quantitative estimate of drug-likeness (QED) is 0.634. The molecule has 2 aromatic rings. The Bertz CT molecular complexity index is 1060. The maximum Gasteiger partial charge on any atom is 0.321 e. The number of anilines is 1. The standard InChI is InChI=1S/C20H21N3O5S/c1-3-15-9-6-7-14(2)20(15)23-18(24)13-28-19(25)12-22-29(26,27)17-10-5-4-8-16(17)11-21/h4-10,22H,3,12-13H2,1-2H3,(H,23,24). The fraction of sp³-hybridized carbons (Fsp3) is 0.250. The Morgan fingerprint density at radius 2 is 1.86 bits per heavy atom. The maximum absolute atomic E-state index is 12.3. The average Bonchev–Trinajstić information content (AvgIpc) is 2.72. The van der Waals surface area contributed by atoms with E-state index in [0.29, 0.717) is 5.69 Å². The lowest BCUT2D eigenvalue weighted by molar-refractivity contribution is -0.146. The molecule has 0 aromatic heterocycles. The van der Waals surface area contributed by atoms with Crippen LogP contribution in [-0.4, -0.2) is 33.4 Å². The van der Waals surface area contributed by atoms with Gasteiger partial charge in [-0.15, -0.1) is 0 Å². The van der Waals surface area contributed by atoms with Gasteiger partial charge < -0.3 is 10.1 Å². The summed E-state index contributed by atoms with van der Waals surface area (Å²) in [5, 5.41) is 11.7. The van der Waals surface area contributed by atoms with Crippen molar-refractivity contribution in [3.8, 4) is 6.07 Å². The Morgan fingerprint density at radius 3 is 2.55 bits per heavy atom. The fourth-order valence-electron chi connectivity index (χ4n) is 2.60. The number of hydrogen-bond donors (Lipinski definition) is 2. The van der Waals surface area contributed by atoms with Gasteiger partial charge in [-0.05, 0) is 36.6 Å². The summed E-state index contributed by atoms with van der Waals surface area (Å²) in [5.41, 5.74) is 2.46. The first kappa shape index (κ1) is 22.1. The number of nitriles is 1. The molecule has 0 aliphatic rings. The van der Waals surface area contributed by atoms with E-state index in [1.54, 1.807) is 6.07 Å². The lowest BCUT2D eigenvalue weighted by Crippen LogP contribution is -2.32. The van der Waals surface area contributed by atoms with Crippen LogP contribution in [-0.2, 0) is 30.8 Å². The number of ether oxygens (including phenoxy) is 1. The van der Waals surface area contributed by atoms with Crippen LogP contribution in [0.3, 0.4) is 0 Å². The Hall–Kier alpha value is -3.22. The Kier molecular flexibility index (Phi) is 7.47. The molecule has 152 valence electrons. The molecule has 0 atom stereocenters. The molecule has 0 radical (unpaired) electrons. The van der Waals surface area contributed by atoms with Crippen molar-refractivity contribution in [2.75, 3.05) is 18.5 Å². The number of para-hydroxylation sites is 1. The molecule has 0 aliphatic carbocycles. The molecule has 0 bridgehead atoms. The SMILES string of the molecule is CCc1cccc(C)c1NC(=O)COC(=O)CNS(=O)(=O)c1ccccc1C#N. The van der Waals surface area contributed by atoms with Crippen LogP contribution in [0.2, 0.25) is 0 Å². The number of amides is 1. The summed E-state index contributed by atoms with van der Waals surface area (Å²) in [6.45, 7) is 2.60. The van der Waals surface area contributed by atoms with Crippen LogP contribution in [0.25, 0.3) is 0 Å². The predicted octanol–water partition coefficient (Wildman–Crippen LogP) is 1.89. The number of benzene rings is 2. The molecule has 0 fully saturated rings. The van der Waals surface area contributed by atoms with Gasteiger partial charge >= 0.3 is 5.97 Å². The highest BCUT2D eigenvalue weighted by Gasteiger charge is 2.20. The number of hydrogen-bond acceptors (Lipinski definition) is 6. The summed E-state index contributed by atoms with van der Waals surface area (Å²) in [7, 11) is -4.07. The fourth-order valence-corrected chi connectivity index (χ4v) is 3.72. The van der Waals surface area contributed by atoms with E-state index in [9.17, 15) is 18.0 Å². The van der Waals surface area contributed by atoms with Gasteiger partial charge in [-0.25, -0.2) is 8.42 Å². The molecule has 2 rings (SSSR count). The Labute approximate surface area is 169 Å². The van der Waals surface area contributed by atoms with Crippen molar-refractivity contribution in [2.45, 2.75) is 25.2 Å². The van der Waals surface area contributed by atoms with Gasteiger partial charge in [0.1, 0.15) is 12.6 Å². The number of carbonyl (C=O) groups is 2. The van der Waals surface area contributed by atoms with Gasteiger partial charge in [-0.3, -0.25) is 9.59 Å². The van der Waals surface area contributed by atoms with Crippen LogP contribution < -0.4 is 10.0 Å². The lowest BCUT2D eigenvalue weighted by Gasteiger charge is -2.13. The van der Waals surface area contributed by atoms with E-state index in [1.807, 2.05) is 32.0 Å². The van der Waals surface area contributed by atoms with Gasteiger partial charge in [0.25, 0.3) is 5.91 Å². The van der Waals surface area contributed by atoms with Gasteiger partial charge in [-0.2, -0.15) is 9.98 Å². The number of rotatable bonds is 8. The highest BCUT2D eigenvalue weighted by molar-refractivity contribution is 7.89. The zero-order valence-electron chi connectivity index (χ0n) is 16.1. The van der Waals surface area contributed by atoms with E-state index in [-0.39, 0.29) is 10.5 Å².